The quantitative estimate of drug-likeness (QED) is 0.551. The van der Waals surface area contributed by atoms with Crippen molar-refractivity contribution in [3.8, 4) is 11.5 Å². The van der Waals surface area contributed by atoms with E-state index < -0.39 is 21.7 Å². The topological polar surface area (TPSA) is 92.7 Å². The van der Waals surface area contributed by atoms with Gasteiger partial charge in [-0.2, -0.15) is 0 Å². The molecule has 0 aliphatic rings. The highest BCUT2D eigenvalue weighted by Gasteiger charge is 2.10. The normalized spacial score (nSPS) is 11.1. The van der Waals surface area contributed by atoms with Crippen LogP contribution in [0.4, 0.5) is 14.9 Å². The van der Waals surface area contributed by atoms with Crippen molar-refractivity contribution in [1.82, 2.24) is 0 Å². The number of rotatable bonds is 6. The molecule has 3 rings (SSSR count). The van der Waals surface area contributed by atoms with Gasteiger partial charge in [-0.25, -0.2) is 17.6 Å². The lowest BCUT2D eigenvalue weighted by Gasteiger charge is -2.11. The Labute approximate surface area is 171 Å². The van der Waals surface area contributed by atoms with Gasteiger partial charge in [0.2, 0.25) is 0 Å². The van der Waals surface area contributed by atoms with Gasteiger partial charge in [-0.3, -0.25) is 5.32 Å². The monoisotopic (exact) mass is 433 g/mol. The highest BCUT2D eigenvalue weighted by molar-refractivity contribution is 7.99. The molecule has 1 amide bonds. The molecule has 0 fully saturated rings. The van der Waals surface area contributed by atoms with Crippen molar-refractivity contribution in [3.63, 3.8) is 0 Å². The van der Waals surface area contributed by atoms with Crippen LogP contribution in [0, 0.1) is 5.82 Å². The molecule has 0 saturated carbocycles. The van der Waals surface area contributed by atoms with Crippen molar-refractivity contribution in [1.29, 1.82) is 0 Å². The zero-order chi connectivity index (χ0) is 21.0. The largest absolute Gasteiger partial charge is 0.465 e. The molecule has 6 nitrogen and oxygen atoms in total. The molecule has 9 heteroatoms. The van der Waals surface area contributed by atoms with E-state index in [-0.39, 0.29) is 4.90 Å². The third-order valence-electron chi connectivity index (χ3n) is 3.67. The van der Waals surface area contributed by atoms with Crippen molar-refractivity contribution in [2.45, 2.75) is 14.7 Å². The average Bonchev–Trinajstić information content (AvgIpc) is 2.62. The summed E-state index contributed by atoms with van der Waals surface area (Å²) in [5.41, 5.74) is 0.298. The highest BCUT2D eigenvalue weighted by Crippen LogP contribution is 2.35. The Morgan fingerprint density at radius 3 is 2.21 bits per heavy atom. The number of sulfone groups is 1. The van der Waals surface area contributed by atoms with Crippen LogP contribution < -0.4 is 10.1 Å². The van der Waals surface area contributed by atoms with Crippen LogP contribution in [0.1, 0.15) is 0 Å². The van der Waals surface area contributed by atoms with Gasteiger partial charge in [-0.05, 0) is 60.7 Å². The molecule has 0 radical (unpaired) electrons. The van der Waals surface area contributed by atoms with E-state index in [9.17, 15) is 17.6 Å². The molecule has 150 valence electrons. The first-order valence-corrected chi connectivity index (χ1v) is 11.0. The minimum absolute atomic E-state index is 0.212. The number of amides is 1. The molecule has 0 aliphatic carbocycles. The van der Waals surface area contributed by atoms with Gasteiger partial charge in [-0.1, -0.05) is 11.8 Å². The van der Waals surface area contributed by atoms with E-state index in [1.54, 1.807) is 24.3 Å². The second-order valence-electron chi connectivity index (χ2n) is 6.02. The SMILES string of the molecule is CS(=O)(=O)c1ccc(Sc2cc(NC(=O)O)cc(Oc3ccc(F)cc3)c2)cc1. The molecule has 3 aromatic carbocycles. The summed E-state index contributed by atoms with van der Waals surface area (Å²) in [5, 5.41) is 11.3. The fourth-order valence-corrected chi connectivity index (χ4v) is 3.95. The number of benzene rings is 3. The van der Waals surface area contributed by atoms with Gasteiger partial charge in [0.1, 0.15) is 17.3 Å². The average molecular weight is 433 g/mol. The number of carboxylic acid groups (broad SMARTS) is 1. The Morgan fingerprint density at radius 1 is 0.966 bits per heavy atom. The summed E-state index contributed by atoms with van der Waals surface area (Å²) in [6.45, 7) is 0. The maximum absolute atomic E-state index is 13.1. The molecule has 0 heterocycles. The Morgan fingerprint density at radius 2 is 1.62 bits per heavy atom. The zero-order valence-corrected chi connectivity index (χ0v) is 16.8. The van der Waals surface area contributed by atoms with Crippen molar-refractivity contribution in [2.75, 3.05) is 11.6 Å². The molecule has 0 unspecified atom stereocenters. The molecule has 2 N–H and O–H groups in total. The molecule has 0 atom stereocenters. The van der Waals surface area contributed by atoms with Crippen LogP contribution in [0.3, 0.4) is 0 Å². The summed E-state index contributed by atoms with van der Waals surface area (Å²) in [4.78, 5) is 12.7. The highest BCUT2D eigenvalue weighted by atomic mass is 32.2. The standard InChI is InChI=1S/C20H16FNO5S2/c1-29(25,26)19-8-6-17(7-9-19)28-18-11-14(22-20(23)24)10-16(12-18)27-15-4-2-13(21)3-5-15/h2-12,22H,1H3,(H,23,24). The fraction of sp³-hybridized carbons (Fsp3) is 0.0500. The first-order valence-electron chi connectivity index (χ1n) is 8.25. The van der Waals surface area contributed by atoms with Gasteiger partial charge in [-0.15, -0.1) is 0 Å². The summed E-state index contributed by atoms with van der Waals surface area (Å²) in [6.07, 6.45) is -0.0905. The van der Waals surface area contributed by atoms with Crippen LogP contribution in [0.25, 0.3) is 0 Å². The van der Waals surface area contributed by atoms with Gasteiger partial charge in [0.25, 0.3) is 0 Å². The predicted molar refractivity (Wildman–Crippen MR) is 108 cm³/mol. The van der Waals surface area contributed by atoms with E-state index in [0.29, 0.717) is 22.1 Å². The van der Waals surface area contributed by atoms with Crippen LogP contribution in [0.5, 0.6) is 11.5 Å². The summed E-state index contributed by atoms with van der Waals surface area (Å²) in [5.74, 6) is 0.359. The second-order valence-corrected chi connectivity index (χ2v) is 9.19. The van der Waals surface area contributed by atoms with Crippen molar-refractivity contribution >= 4 is 33.4 Å². The molecular formula is C20H16FNO5S2. The lowest BCUT2D eigenvalue weighted by Crippen LogP contribution is -2.07. The maximum Gasteiger partial charge on any atom is 0.409 e. The second kappa shape index (κ2) is 8.54. The number of hydrogen-bond donors (Lipinski definition) is 2. The smallest absolute Gasteiger partial charge is 0.409 e. The van der Waals surface area contributed by atoms with Crippen molar-refractivity contribution in [3.05, 3.63) is 72.5 Å². The lowest BCUT2D eigenvalue weighted by molar-refractivity contribution is 0.209. The first-order chi connectivity index (χ1) is 13.7. The van der Waals surface area contributed by atoms with Gasteiger partial charge >= 0.3 is 6.09 Å². The number of carbonyl (C=O) groups is 1. The predicted octanol–water partition coefficient (Wildman–Crippen LogP) is 5.26. The molecular weight excluding hydrogens is 417 g/mol. The van der Waals surface area contributed by atoms with Gasteiger partial charge in [0, 0.05) is 27.8 Å². The minimum atomic E-state index is -3.29. The molecule has 0 saturated heterocycles. The van der Waals surface area contributed by atoms with Crippen LogP contribution in [0.15, 0.2) is 81.4 Å². The van der Waals surface area contributed by atoms with Gasteiger partial charge < -0.3 is 9.84 Å². The van der Waals surface area contributed by atoms with Gasteiger partial charge in [0.15, 0.2) is 9.84 Å². The summed E-state index contributed by atoms with van der Waals surface area (Å²) in [7, 11) is -3.29. The maximum atomic E-state index is 13.1. The molecule has 0 aliphatic heterocycles. The molecule has 0 bridgehead atoms. The van der Waals surface area contributed by atoms with E-state index in [1.165, 1.54) is 54.2 Å². The lowest BCUT2D eigenvalue weighted by atomic mass is 10.3. The Hall–Kier alpha value is -3.04. The number of halogens is 1. The van der Waals surface area contributed by atoms with E-state index >= 15 is 0 Å². The number of nitrogens with one attached hydrogen (secondary N) is 1. The Balaban J connectivity index is 1.88. The molecule has 29 heavy (non-hydrogen) atoms. The van der Waals surface area contributed by atoms with Crippen molar-refractivity contribution < 1.29 is 27.4 Å². The number of ether oxygens (including phenoxy) is 1. The van der Waals surface area contributed by atoms with E-state index in [2.05, 4.69) is 5.32 Å². The fourth-order valence-electron chi connectivity index (χ4n) is 2.41. The summed E-state index contributed by atoms with van der Waals surface area (Å²) >= 11 is 1.31. The molecule has 0 spiro atoms. The first kappa shape index (κ1) is 20.7. The number of hydrogen-bond acceptors (Lipinski definition) is 5. The Kier molecular flexibility index (Phi) is 6.09. The van der Waals surface area contributed by atoms with Crippen LogP contribution >= 0.6 is 11.8 Å². The molecule has 0 aromatic heterocycles. The zero-order valence-electron chi connectivity index (χ0n) is 15.1. The summed E-state index contributed by atoms with van der Waals surface area (Å²) < 4.78 is 41.9. The van der Waals surface area contributed by atoms with E-state index in [1.807, 2.05) is 0 Å². The minimum Gasteiger partial charge on any atom is -0.465 e. The van der Waals surface area contributed by atoms with Gasteiger partial charge in [0.05, 0.1) is 4.90 Å². The van der Waals surface area contributed by atoms with E-state index in [4.69, 9.17) is 9.84 Å². The third-order valence-corrected chi connectivity index (χ3v) is 5.78. The Bertz CT molecular complexity index is 1130. The van der Waals surface area contributed by atoms with Crippen LogP contribution in [-0.4, -0.2) is 25.9 Å². The van der Waals surface area contributed by atoms with Crippen molar-refractivity contribution in [2.24, 2.45) is 0 Å². The molecule has 3 aromatic rings. The van der Waals surface area contributed by atoms with Crippen LogP contribution in [-0.2, 0) is 9.84 Å². The third kappa shape index (κ3) is 5.97. The van der Waals surface area contributed by atoms with E-state index in [0.717, 1.165) is 11.2 Å². The van der Waals surface area contributed by atoms with Crippen LogP contribution in [0.2, 0.25) is 0 Å². The summed E-state index contributed by atoms with van der Waals surface area (Å²) in [6, 6.07) is 16.6. The number of anilines is 1.